The fourth-order valence-corrected chi connectivity index (χ4v) is 2.46. The van der Waals surface area contributed by atoms with E-state index in [4.69, 9.17) is 5.11 Å². The molecule has 0 aliphatic heterocycles. The van der Waals surface area contributed by atoms with Crippen molar-refractivity contribution < 1.29 is 14.7 Å². The average molecular weight is 261 g/mol. The molecule has 2 rings (SSSR count). The van der Waals surface area contributed by atoms with Gasteiger partial charge in [0.05, 0.1) is 5.92 Å². The maximum absolute atomic E-state index is 12.0. The second-order valence-electron chi connectivity index (χ2n) is 5.16. The van der Waals surface area contributed by atoms with Crippen molar-refractivity contribution in [2.24, 2.45) is 5.92 Å². The van der Waals surface area contributed by atoms with Gasteiger partial charge in [-0.3, -0.25) is 9.59 Å². The Balaban J connectivity index is 2.06. The van der Waals surface area contributed by atoms with Gasteiger partial charge in [0.2, 0.25) is 5.91 Å². The van der Waals surface area contributed by atoms with Gasteiger partial charge in [-0.15, -0.1) is 0 Å². The van der Waals surface area contributed by atoms with Crippen LogP contribution in [-0.2, 0) is 9.59 Å². The second-order valence-corrected chi connectivity index (χ2v) is 5.16. The Morgan fingerprint density at radius 1 is 1.32 bits per heavy atom. The van der Waals surface area contributed by atoms with Gasteiger partial charge in [-0.05, 0) is 37.5 Å². The predicted octanol–water partition coefficient (Wildman–Crippen LogP) is 3.00. The molecular weight excluding hydrogens is 242 g/mol. The molecule has 0 radical (unpaired) electrons. The van der Waals surface area contributed by atoms with Gasteiger partial charge in [0.1, 0.15) is 0 Å². The zero-order valence-corrected chi connectivity index (χ0v) is 11.1. The van der Waals surface area contributed by atoms with Gasteiger partial charge in [-0.1, -0.05) is 25.0 Å². The van der Waals surface area contributed by atoms with E-state index >= 15 is 0 Å². The molecule has 1 aromatic rings. The number of carboxylic acids is 1. The summed E-state index contributed by atoms with van der Waals surface area (Å²) in [4.78, 5) is 23.0. The Morgan fingerprint density at radius 3 is 2.63 bits per heavy atom. The number of nitrogens with one attached hydrogen (secondary N) is 1. The highest BCUT2D eigenvalue weighted by molar-refractivity contribution is 5.92. The Bertz CT molecular complexity index is 478. The van der Waals surface area contributed by atoms with E-state index < -0.39 is 11.9 Å². The normalized spacial score (nSPS) is 17.1. The number of amides is 1. The van der Waals surface area contributed by atoms with Gasteiger partial charge in [-0.25, -0.2) is 0 Å². The molecule has 0 aromatic heterocycles. The topological polar surface area (TPSA) is 66.4 Å². The Hall–Kier alpha value is -1.84. The third-order valence-corrected chi connectivity index (χ3v) is 3.75. The zero-order chi connectivity index (χ0) is 13.8. The van der Waals surface area contributed by atoms with Gasteiger partial charge < -0.3 is 10.4 Å². The Labute approximate surface area is 112 Å². The molecule has 102 valence electrons. The summed E-state index contributed by atoms with van der Waals surface area (Å²) in [6.07, 6.45) is 4.15. The van der Waals surface area contributed by atoms with Crippen molar-refractivity contribution in [2.45, 2.75) is 38.5 Å². The van der Waals surface area contributed by atoms with E-state index in [1.165, 1.54) is 0 Å². The number of aliphatic carboxylic acids is 1. The minimum atomic E-state index is -0.862. The highest BCUT2D eigenvalue weighted by Crippen LogP contribution is 2.26. The van der Waals surface area contributed by atoms with E-state index in [9.17, 15) is 9.59 Å². The average Bonchev–Trinajstić information content (AvgIpc) is 2.92. The lowest BCUT2D eigenvalue weighted by atomic mass is 10.0. The standard InChI is InChI=1S/C15H19NO3/c1-10(15(18)19)12-7-4-8-13(9-12)16-14(17)11-5-2-3-6-11/h4,7-11H,2-3,5-6H2,1H3,(H,16,17)(H,18,19). The summed E-state index contributed by atoms with van der Waals surface area (Å²) < 4.78 is 0. The first-order valence-corrected chi connectivity index (χ1v) is 6.71. The summed E-state index contributed by atoms with van der Waals surface area (Å²) in [5.74, 6) is -1.26. The van der Waals surface area contributed by atoms with Gasteiger partial charge >= 0.3 is 5.97 Å². The van der Waals surface area contributed by atoms with Crippen molar-refractivity contribution in [1.82, 2.24) is 0 Å². The van der Waals surface area contributed by atoms with Crippen LogP contribution in [0.3, 0.4) is 0 Å². The second kappa shape index (κ2) is 5.87. The van der Waals surface area contributed by atoms with E-state index in [1.807, 2.05) is 0 Å². The molecule has 19 heavy (non-hydrogen) atoms. The minimum Gasteiger partial charge on any atom is -0.481 e. The molecule has 0 spiro atoms. The molecule has 0 saturated heterocycles. The van der Waals surface area contributed by atoms with E-state index in [1.54, 1.807) is 31.2 Å². The van der Waals surface area contributed by atoms with Crippen LogP contribution in [-0.4, -0.2) is 17.0 Å². The molecule has 1 fully saturated rings. The predicted molar refractivity (Wildman–Crippen MR) is 73.1 cm³/mol. The number of anilines is 1. The molecule has 1 amide bonds. The van der Waals surface area contributed by atoms with Crippen LogP contribution in [0.5, 0.6) is 0 Å². The SMILES string of the molecule is CC(C(=O)O)c1cccc(NC(=O)C2CCCC2)c1. The van der Waals surface area contributed by atoms with Crippen LogP contribution in [0.25, 0.3) is 0 Å². The molecule has 2 N–H and O–H groups in total. The summed E-state index contributed by atoms with van der Waals surface area (Å²) in [7, 11) is 0. The Kier molecular flexibility index (Phi) is 4.20. The first kappa shape index (κ1) is 13.6. The summed E-state index contributed by atoms with van der Waals surface area (Å²) in [5, 5.41) is 11.9. The number of rotatable bonds is 4. The fraction of sp³-hybridized carbons (Fsp3) is 0.467. The molecule has 4 nitrogen and oxygen atoms in total. The van der Waals surface area contributed by atoms with E-state index in [2.05, 4.69) is 5.32 Å². The maximum atomic E-state index is 12.0. The van der Waals surface area contributed by atoms with Crippen molar-refractivity contribution in [1.29, 1.82) is 0 Å². The number of carboxylic acid groups (broad SMARTS) is 1. The lowest BCUT2D eigenvalue weighted by Crippen LogP contribution is -2.20. The maximum Gasteiger partial charge on any atom is 0.310 e. The number of carbonyl (C=O) groups is 2. The van der Waals surface area contributed by atoms with Gasteiger partial charge in [-0.2, -0.15) is 0 Å². The van der Waals surface area contributed by atoms with Crippen LogP contribution >= 0.6 is 0 Å². The molecule has 1 aliphatic carbocycles. The highest BCUT2D eigenvalue weighted by atomic mass is 16.4. The van der Waals surface area contributed by atoms with Crippen LogP contribution < -0.4 is 5.32 Å². The minimum absolute atomic E-state index is 0.0534. The van der Waals surface area contributed by atoms with Crippen molar-refractivity contribution in [3.05, 3.63) is 29.8 Å². The number of hydrogen-bond donors (Lipinski definition) is 2. The molecule has 1 aliphatic rings. The summed E-state index contributed by atoms with van der Waals surface area (Å²) in [5.41, 5.74) is 1.39. The van der Waals surface area contributed by atoms with E-state index in [0.29, 0.717) is 11.3 Å². The molecule has 1 saturated carbocycles. The molecule has 1 unspecified atom stereocenters. The molecular formula is C15H19NO3. The van der Waals surface area contributed by atoms with Crippen LogP contribution in [0.2, 0.25) is 0 Å². The van der Waals surface area contributed by atoms with Crippen molar-refractivity contribution in [3.8, 4) is 0 Å². The molecule has 4 heteroatoms. The molecule has 1 aromatic carbocycles. The van der Waals surface area contributed by atoms with Crippen LogP contribution in [0.15, 0.2) is 24.3 Å². The first-order valence-electron chi connectivity index (χ1n) is 6.71. The monoisotopic (exact) mass is 261 g/mol. The third kappa shape index (κ3) is 3.34. The third-order valence-electron chi connectivity index (χ3n) is 3.75. The lowest BCUT2D eigenvalue weighted by molar-refractivity contribution is -0.138. The number of carbonyl (C=O) groups excluding carboxylic acids is 1. The lowest BCUT2D eigenvalue weighted by Gasteiger charge is -2.12. The van der Waals surface area contributed by atoms with Gasteiger partial charge in [0, 0.05) is 11.6 Å². The summed E-state index contributed by atoms with van der Waals surface area (Å²) in [6.45, 7) is 1.64. The fourth-order valence-electron chi connectivity index (χ4n) is 2.46. The first-order chi connectivity index (χ1) is 9.08. The van der Waals surface area contributed by atoms with E-state index in [-0.39, 0.29) is 11.8 Å². The summed E-state index contributed by atoms with van der Waals surface area (Å²) in [6, 6.07) is 7.08. The van der Waals surface area contributed by atoms with Crippen LogP contribution in [0.1, 0.15) is 44.1 Å². The van der Waals surface area contributed by atoms with E-state index in [0.717, 1.165) is 25.7 Å². The summed E-state index contributed by atoms with van der Waals surface area (Å²) >= 11 is 0. The smallest absolute Gasteiger partial charge is 0.310 e. The Morgan fingerprint density at radius 2 is 2.00 bits per heavy atom. The van der Waals surface area contributed by atoms with Crippen LogP contribution in [0, 0.1) is 5.92 Å². The van der Waals surface area contributed by atoms with Gasteiger partial charge in [0.25, 0.3) is 0 Å². The number of benzene rings is 1. The largest absolute Gasteiger partial charge is 0.481 e. The molecule has 0 bridgehead atoms. The van der Waals surface area contributed by atoms with Crippen molar-refractivity contribution in [2.75, 3.05) is 5.32 Å². The van der Waals surface area contributed by atoms with Gasteiger partial charge in [0.15, 0.2) is 0 Å². The molecule has 0 heterocycles. The quantitative estimate of drug-likeness (QED) is 0.875. The zero-order valence-electron chi connectivity index (χ0n) is 11.1. The molecule has 1 atom stereocenters. The van der Waals surface area contributed by atoms with Crippen LogP contribution in [0.4, 0.5) is 5.69 Å². The number of hydrogen-bond acceptors (Lipinski definition) is 2. The highest BCUT2D eigenvalue weighted by Gasteiger charge is 2.22. The van der Waals surface area contributed by atoms with Crippen molar-refractivity contribution in [3.63, 3.8) is 0 Å². The van der Waals surface area contributed by atoms with Crippen molar-refractivity contribution >= 4 is 17.6 Å².